The third-order valence-electron chi connectivity index (χ3n) is 4.98. The lowest BCUT2D eigenvalue weighted by atomic mass is 9.92. The van der Waals surface area contributed by atoms with Gasteiger partial charge in [0.15, 0.2) is 0 Å². The summed E-state index contributed by atoms with van der Waals surface area (Å²) in [5.74, 6) is -0.377. The number of fused-ring (bicyclic) bond motifs is 1. The smallest absolute Gasteiger partial charge is 0.327 e. The zero-order valence-corrected chi connectivity index (χ0v) is 15.8. The Balaban J connectivity index is 1.88. The second-order valence-corrected chi connectivity index (χ2v) is 7.76. The lowest BCUT2D eigenvalue weighted by Crippen LogP contribution is -2.44. The van der Waals surface area contributed by atoms with Gasteiger partial charge >= 0.3 is 6.03 Å². The summed E-state index contributed by atoms with van der Waals surface area (Å²) in [6.07, 6.45) is 1.82. The zero-order valence-electron chi connectivity index (χ0n) is 15.8. The topological polar surface area (TPSA) is 75.1 Å². The lowest BCUT2D eigenvalue weighted by molar-refractivity contribution is -0.128. The molecule has 2 aliphatic rings. The third-order valence-corrected chi connectivity index (χ3v) is 4.98. The maximum atomic E-state index is 13.0. The van der Waals surface area contributed by atoms with Crippen molar-refractivity contribution in [2.45, 2.75) is 19.9 Å². The highest BCUT2D eigenvalue weighted by atomic mass is 16.5. The number of amides is 4. The number of nitrogens with zero attached hydrogens (tertiary/aromatic N) is 4. The molecule has 0 radical (unpaired) electrons. The monoisotopic (exact) mass is 362 g/mol. The van der Waals surface area contributed by atoms with Crippen LogP contribution in [0.2, 0.25) is 0 Å². The van der Waals surface area contributed by atoms with Crippen LogP contribution in [0.1, 0.15) is 24.3 Å². The van der Waals surface area contributed by atoms with Crippen LogP contribution in [0.4, 0.5) is 4.79 Å². The minimum absolute atomic E-state index is 0.122. The van der Waals surface area contributed by atoms with Crippen molar-refractivity contribution in [2.75, 3.05) is 39.9 Å². The SMILES string of the molecule is COCCN1C(=O)C2CN(C(=O)c3cccn3C)CC(C)(C)CN2C1=O. The van der Waals surface area contributed by atoms with E-state index in [2.05, 4.69) is 0 Å². The molecule has 0 N–H and O–H groups in total. The van der Waals surface area contributed by atoms with Crippen molar-refractivity contribution in [2.24, 2.45) is 12.5 Å². The standard InChI is InChI=1S/C18H26N4O4/c1-18(2)11-20(15(23)13-6-5-7-19(13)3)10-14-16(24)21(8-9-26-4)17(25)22(14)12-18/h5-7,14H,8-12H2,1-4H3. The Kier molecular flexibility index (Phi) is 4.79. The molecule has 2 saturated heterocycles. The van der Waals surface area contributed by atoms with Crippen molar-refractivity contribution >= 4 is 17.8 Å². The summed E-state index contributed by atoms with van der Waals surface area (Å²) in [6, 6.07) is 2.66. The van der Waals surface area contributed by atoms with Crippen molar-refractivity contribution in [3.05, 3.63) is 24.0 Å². The lowest BCUT2D eigenvalue weighted by Gasteiger charge is -2.30. The number of methoxy groups -OCH3 is 1. The van der Waals surface area contributed by atoms with Gasteiger partial charge in [0.1, 0.15) is 11.7 Å². The first kappa shape index (κ1) is 18.4. The summed E-state index contributed by atoms with van der Waals surface area (Å²) in [5.41, 5.74) is 0.255. The van der Waals surface area contributed by atoms with E-state index in [-0.39, 0.29) is 36.3 Å². The first-order valence-electron chi connectivity index (χ1n) is 8.77. The van der Waals surface area contributed by atoms with E-state index in [0.29, 0.717) is 25.4 Å². The van der Waals surface area contributed by atoms with Gasteiger partial charge in [-0.25, -0.2) is 4.79 Å². The summed E-state index contributed by atoms with van der Waals surface area (Å²) >= 11 is 0. The van der Waals surface area contributed by atoms with E-state index in [4.69, 9.17) is 4.74 Å². The fraction of sp³-hybridized carbons (Fsp3) is 0.611. The molecule has 3 heterocycles. The number of urea groups is 1. The van der Waals surface area contributed by atoms with Gasteiger partial charge in [0.25, 0.3) is 11.8 Å². The summed E-state index contributed by atoms with van der Waals surface area (Å²) in [6.45, 7) is 5.68. The molecule has 1 aromatic rings. The summed E-state index contributed by atoms with van der Waals surface area (Å²) in [4.78, 5) is 43.1. The fourth-order valence-electron chi connectivity index (χ4n) is 3.74. The van der Waals surface area contributed by atoms with Crippen LogP contribution >= 0.6 is 0 Å². The second kappa shape index (κ2) is 6.75. The molecule has 26 heavy (non-hydrogen) atoms. The number of carbonyl (C=O) groups is 3. The average Bonchev–Trinajstić information content (AvgIpc) is 3.03. The molecule has 0 aliphatic carbocycles. The number of hydrogen-bond acceptors (Lipinski definition) is 4. The average molecular weight is 362 g/mol. The quantitative estimate of drug-likeness (QED) is 0.742. The fourth-order valence-corrected chi connectivity index (χ4v) is 3.74. The molecule has 1 aromatic heterocycles. The number of ether oxygens (including phenoxy) is 1. The molecule has 3 rings (SSSR count). The van der Waals surface area contributed by atoms with E-state index >= 15 is 0 Å². The van der Waals surface area contributed by atoms with Gasteiger partial charge in [0.05, 0.1) is 19.7 Å². The van der Waals surface area contributed by atoms with Crippen molar-refractivity contribution in [3.8, 4) is 0 Å². The van der Waals surface area contributed by atoms with Crippen LogP contribution in [-0.2, 0) is 16.6 Å². The van der Waals surface area contributed by atoms with Crippen LogP contribution in [0.25, 0.3) is 0 Å². The van der Waals surface area contributed by atoms with E-state index in [9.17, 15) is 14.4 Å². The largest absolute Gasteiger partial charge is 0.383 e. The van der Waals surface area contributed by atoms with Crippen molar-refractivity contribution < 1.29 is 19.1 Å². The first-order valence-corrected chi connectivity index (χ1v) is 8.77. The van der Waals surface area contributed by atoms with Crippen LogP contribution in [-0.4, -0.2) is 83.0 Å². The van der Waals surface area contributed by atoms with Crippen LogP contribution in [0.15, 0.2) is 18.3 Å². The van der Waals surface area contributed by atoms with Crippen LogP contribution in [0.3, 0.4) is 0 Å². The number of imide groups is 1. The van der Waals surface area contributed by atoms with Crippen LogP contribution < -0.4 is 0 Å². The molecule has 0 aromatic carbocycles. The van der Waals surface area contributed by atoms with E-state index < -0.39 is 6.04 Å². The first-order chi connectivity index (χ1) is 12.2. The Morgan fingerprint density at radius 1 is 1.31 bits per heavy atom. The maximum absolute atomic E-state index is 13.0. The van der Waals surface area contributed by atoms with E-state index in [1.165, 1.54) is 12.0 Å². The van der Waals surface area contributed by atoms with Gasteiger partial charge in [-0.2, -0.15) is 0 Å². The maximum Gasteiger partial charge on any atom is 0.327 e. The van der Waals surface area contributed by atoms with Crippen molar-refractivity contribution in [3.63, 3.8) is 0 Å². The Labute approximate surface area is 153 Å². The second-order valence-electron chi connectivity index (χ2n) is 7.76. The molecule has 2 aliphatic heterocycles. The summed E-state index contributed by atoms with van der Waals surface area (Å²) in [5, 5.41) is 0. The summed E-state index contributed by atoms with van der Waals surface area (Å²) in [7, 11) is 3.35. The minimum atomic E-state index is -0.634. The molecule has 142 valence electrons. The molecule has 0 bridgehead atoms. The highest BCUT2D eigenvalue weighted by Gasteiger charge is 2.50. The molecular formula is C18H26N4O4. The Bertz CT molecular complexity index is 727. The highest BCUT2D eigenvalue weighted by Crippen LogP contribution is 2.30. The van der Waals surface area contributed by atoms with Gasteiger partial charge in [0.2, 0.25) is 0 Å². The summed E-state index contributed by atoms with van der Waals surface area (Å²) < 4.78 is 6.78. The zero-order chi connectivity index (χ0) is 19.1. The number of hydrogen-bond donors (Lipinski definition) is 0. The molecule has 2 fully saturated rings. The highest BCUT2D eigenvalue weighted by molar-refractivity contribution is 6.05. The molecule has 1 atom stereocenters. The molecule has 0 saturated carbocycles. The minimum Gasteiger partial charge on any atom is -0.383 e. The van der Waals surface area contributed by atoms with Gasteiger partial charge in [-0.05, 0) is 12.1 Å². The van der Waals surface area contributed by atoms with E-state index in [0.717, 1.165) is 0 Å². The number of rotatable bonds is 4. The number of aryl methyl sites for hydroxylation is 1. The van der Waals surface area contributed by atoms with E-state index in [1.807, 2.05) is 33.2 Å². The van der Waals surface area contributed by atoms with Gasteiger partial charge in [-0.3, -0.25) is 14.5 Å². The van der Waals surface area contributed by atoms with Crippen molar-refractivity contribution in [1.29, 1.82) is 0 Å². The van der Waals surface area contributed by atoms with Gasteiger partial charge in [-0.15, -0.1) is 0 Å². The normalized spacial score (nSPS) is 22.6. The molecule has 0 spiro atoms. The Morgan fingerprint density at radius 2 is 2.04 bits per heavy atom. The molecule has 4 amide bonds. The number of carbonyl (C=O) groups excluding carboxylic acids is 3. The molecular weight excluding hydrogens is 336 g/mol. The number of aromatic nitrogens is 1. The van der Waals surface area contributed by atoms with Crippen LogP contribution in [0, 0.1) is 5.41 Å². The molecule has 8 nitrogen and oxygen atoms in total. The molecule has 8 heteroatoms. The van der Waals surface area contributed by atoms with Crippen molar-refractivity contribution in [1.82, 2.24) is 19.3 Å². The van der Waals surface area contributed by atoms with Gasteiger partial charge in [-0.1, -0.05) is 13.8 Å². The predicted octanol–water partition coefficient (Wildman–Crippen LogP) is 0.786. The van der Waals surface area contributed by atoms with Gasteiger partial charge < -0.3 is 19.1 Å². The Hall–Kier alpha value is -2.35. The Morgan fingerprint density at radius 3 is 2.65 bits per heavy atom. The van der Waals surface area contributed by atoms with Crippen LogP contribution in [0.5, 0.6) is 0 Å². The van der Waals surface area contributed by atoms with E-state index in [1.54, 1.807) is 20.4 Å². The third kappa shape index (κ3) is 3.21. The van der Waals surface area contributed by atoms with Gasteiger partial charge in [0, 0.05) is 38.9 Å². The molecule has 1 unspecified atom stereocenters. The predicted molar refractivity (Wildman–Crippen MR) is 94.6 cm³/mol.